The summed E-state index contributed by atoms with van der Waals surface area (Å²) in [5, 5.41) is 9.41. The Morgan fingerprint density at radius 3 is 2.52 bits per heavy atom. The molecule has 1 unspecified atom stereocenters. The van der Waals surface area contributed by atoms with Crippen LogP contribution in [0.1, 0.15) is 13.3 Å². The van der Waals surface area contributed by atoms with E-state index >= 15 is 0 Å². The number of nitrogens with zero attached hydrogens (tertiary/aromatic N) is 2. The van der Waals surface area contributed by atoms with E-state index in [-0.39, 0.29) is 25.7 Å². The zero-order chi connectivity index (χ0) is 23.2. The molecule has 1 atom stereocenters. The second kappa shape index (κ2) is 10.1. The molecule has 8 heteroatoms. The van der Waals surface area contributed by atoms with Crippen LogP contribution in [0.25, 0.3) is 33.6 Å². The van der Waals surface area contributed by atoms with Gasteiger partial charge in [-0.05, 0) is 24.6 Å². The Labute approximate surface area is 190 Å². The van der Waals surface area contributed by atoms with Crippen molar-refractivity contribution in [1.29, 1.82) is 0 Å². The highest BCUT2D eigenvalue weighted by molar-refractivity contribution is 6.03. The van der Waals surface area contributed by atoms with E-state index in [0.29, 0.717) is 22.7 Å². The maximum Gasteiger partial charge on any atom is 0.305 e. The number of aliphatic carboxylic acids is 1. The van der Waals surface area contributed by atoms with Gasteiger partial charge in [-0.15, -0.1) is 0 Å². The number of fused-ring (bicyclic) bond motifs is 1. The monoisotopic (exact) mass is 448 g/mol. The number of hydrogen-bond donors (Lipinski definition) is 1. The van der Waals surface area contributed by atoms with Crippen LogP contribution >= 0.6 is 0 Å². The Hall–Kier alpha value is -3.91. The fraction of sp³-hybridized carbons (Fsp3) is 0.240. The van der Waals surface area contributed by atoms with Gasteiger partial charge in [0.1, 0.15) is 29.3 Å². The summed E-state index contributed by atoms with van der Waals surface area (Å²) in [4.78, 5) is 19.4. The van der Waals surface area contributed by atoms with E-state index in [9.17, 15) is 4.79 Å². The molecule has 33 heavy (non-hydrogen) atoms. The largest absolute Gasteiger partial charge is 0.497 e. The van der Waals surface area contributed by atoms with Gasteiger partial charge in [-0.3, -0.25) is 4.79 Å². The maximum absolute atomic E-state index is 10.7. The second-order valence-electron chi connectivity index (χ2n) is 7.41. The lowest BCUT2D eigenvalue weighted by atomic mass is 9.99. The molecule has 0 saturated carbocycles. The fourth-order valence-electron chi connectivity index (χ4n) is 3.46. The lowest BCUT2D eigenvalue weighted by molar-refractivity contribution is -0.138. The Balaban J connectivity index is 1.74. The van der Waals surface area contributed by atoms with Crippen molar-refractivity contribution in [1.82, 2.24) is 9.97 Å². The van der Waals surface area contributed by atoms with Crippen LogP contribution in [0.4, 0.5) is 0 Å². The molecule has 0 bridgehead atoms. The van der Waals surface area contributed by atoms with Crippen molar-refractivity contribution in [2.45, 2.75) is 19.4 Å². The Kier molecular flexibility index (Phi) is 6.85. The highest BCUT2D eigenvalue weighted by atomic mass is 16.5. The van der Waals surface area contributed by atoms with Crippen LogP contribution in [-0.4, -0.2) is 47.5 Å². The van der Waals surface area contributed by atoms with Crippen molar-refractivity contribution in [3.8, 4) is 34.1 Å². The first-order valence-corrected chi connectivity index (χ1v) is 10.5. The zero-order valence-corrected chi connectivity index (χ0v) is 18.4. The summed E-state index contributed by atoms with van der Waals surface area (Å²) in [6, 6.07) is 17.4. The molecule has 0 saturated heterocycles. The molecule has 1 N–H and O–H groups in total. The minimum Gasteiger partial charge on any atom is -0.497 e. The first kappa shape index (κ1) is 22.3. The van der Waals surface area contributed by atoms with Gasteiger partial charge in [0, 0.05) is 11.1 Å². The number of hydrogen-bond acceptors (Lipinski definition) is 7. The Morgan fingerprint density at radius 2 is 1.82 bits per heavy atom. The summed E-state index contributed by atoms with van der Waals surface area (Å²) in [7, 11) is 1.62. The topological polar surface area (TPSA) is 104 Å². The molecule has 170 valence electrons. The summed E-state index contributed by atoms with van der Waals surface area (Å²) in [5.74, 6) is 0.863. The van der Waals surface area contributed by atoms with Gasteiger partial charge in [0.2, 0.25) is 11.6 Å². The van der Waals surface area contributed by atoms with Crippen molar-refractivity contribution in [2.75, 3.05) is 20.3 Å². The second-order valence-corrected chi connectivity index (χ2v) is 7.41. The van der Waals surface area contributed by atoms with Gasteiger partial charge in [0.05, 0.1) is 26.7 Å². The number of carboxylic acid groups (broad SMARTS) is 1. The third-order valence-corrected chi connectivity index (χ3v) is 4.99. The number of methoxy groups -OCH3 is 1. The third-order valence-electron chi connectivity index (χ3n) is 4.99. The maximum atomic E-state index is 10.7. The van der Waals surface area contributed by atoms with Gasteiger partial charge in [-0.2, -0.15) is 0 Å². The first-order valence-electron chi connectivity index (χ1n) is 10.5. The fourth-order valence-corrected chi connectivity index (χ4v) is 3.46. The van der Waals surface area contributed by atoms with E-state index in [4.69, 9.17) is 23.7 Å². The molecule has 2 aromatic heterocycles. The van der Waals surface area contributed by atoms with Crippen LogP contribution in [0.2, 0.25) is 0 Å². The van der Waals surface area contributed by atoms with Gasteiger partial charge in [-0.1, -0.05) is 42.5 Å². The number of aromatic nitrogens is 2. The summed E-state index contributed by atoms with van der Waals surface area (Å²) < 4.78 is 23.0. The molecule has 0 spiro atoms. The first-order chi connectivity index (χ1) is 16.1. The van der Waals surface area contributed by atoms with Crippen LogP contribution < -0.4 is 9.47 Å². The van der Waals surface area contributed by atoms with E-state index in [1.807, 2.05) is 61.5 Å². The van der Waals surface area contributed by atoms with Crippen LogP contribution in [0.5, 0.6) is 11.6 Å². The minimum absolute atomic E-state index is 0.0613. The highest BCUT2D eigenvalue weighted by Gasteiger charge is 2.24. The highest BCUT2D eigenvalue weighted by Crippen LogP contribution is 2.43. The number of benzene rings is 2. The van der Waals surface area contributed by atoms with Gasteiger partial charge < -0.3 is 23.7 Å². The molecule has 8 nitrogen and oxygen atoms in total. The number of furan rings is 1. The van der Waals surface area contributed by atoms with E-state index in [2.05, 4.69) is 9.97 Å². The summed E-state index contributed by atoms with van der Waals surface area (Å²) in [6.45, 7) is 2.17. The Bertz CT molecular complexity index is 1220. The lowest BCUT2D eigenvalue weighted by Crippen LogP contribution is -2.20. The molecule has 4 rings (SSSR count). The molecule has 2 aromatic carbocycles. The number of carboxylic acids is 1. The van der Waals surface area contributed by atoms with Gasteiger partial charge in [-0.25, -0.2) is 9.97 Å². The summed E-state index contributed by atoms with van der Waals surface area (Å²) in [5.41, 5.74) is 3.02. The van der Waals surface area contributed by atoms with Crippen molar-refractivity contribution in [3.05, 3.63) is 60.9 Å². The molecule has 0 aliphatic rings. The van der Waals surface area contributed by atoms with E-state index in [0.717, 1.165) is 22.4 Å². The number of ether oxygens (including phenoxy) is 3. The average molecular weight is 448 g/mol. The van der Waals surface area contributed by atoms with Crippen LogP contribution in [-0.2, 0) is 9.53 Å². The lowest BCUT2D eigenvalue weighted by Gasteiger charge is -2.15. The molecule has 2 heterocycles. The van der Waals surface area contributed by atoms with Crippen molar-refractivity contribution < 1.29 is 28.5 Å². The molecule has 0 radical (unpaired) electrons. The van der Waals surface area contributed by atoms with E-state index in [1.165, 1.54) is 6.33 Å². The normalized spacial score (nSPS) is 11.9. The number of rotatable bonds is 10. The van der Waals surface area contributed by atoms with E-state index < -0.39 is 5.97 Å². The van der Waals surface area contributed by atoms with Crippen LogP contribution in [0.15, 0.2) is 65.3 Å². The molecular weight excluding hydrogens is 424 g/mol. The van der Waals surface area contributed by atoms with E-state index in [1.54, 1.807) is 7.11 Å². The van der Waals surface area contributed by atoms with Crippen molar-refractivity contribution in [2.24, 2.45) is 0 Å². The molecule has 0 aliphatic carbocycles. The predicted octanol–water partition coefficient (Wildman–Crippen LogP) is 4.82. The number of carbonyl (C=O) groups is 1. The van der Waals surface area contributed by atoms with Crippen molar-refractivity contribution >= 4 is 17.1 Å². The SMILES string of the molecule is COc1ccc(-c2c(-c3ccccc3)oc3ncnc(OC(C)COCCC(=O)O)c23)cc1. The quantitative estimate of drug-likeness (QED) is 0.344. The molecule has 0 fully saturated rings. The smallest absolute Gasteiger partial charge is 0.305 e. The standard InChI is InChI=1S/C25H24N2O6/c1-16(14-31-13-12-20(28)29)32-24-22-21(17-8-10-19(30-2)11-9-17)23(18-6-4-3-5-7-18)33-25(22)27-15-26-24/h3-11,15-16H,12-14H2,1-2H3,(H,28,29). The van der Waals surface area contributed by atoms with Gasteiger partial charge in [0.15, 0.2) is 0 Å². The van der Waals surface area contributed by atoms with Crippen LogP contribution in [0, 0.1) is 0 Å². The zero-order valence-electron chi connectivity index (χ0n) is 18.4. The van der Waals surface area contributed by atoms with Crippen molar-refractivity contribution in [3.63, 3.8) is 0 Å². The van der Waals surface area contributed by atoms with Gasteiger partial charge >= 0.3 is 5.97 Å². The third kappa shape index (κ3) is 5.12. The van der Waals surface area contributed by atoms with Crippen LogP contribution in [0.3, 0.4) is 0 Å². The van der Waals surface area contributed by atoms with Gasteiger partial charge in [0.25, 0.3) is 0 Å². The molecular formula is C25H24N2O6. The summed E-state index contributed by atoms with van der Waals surface area (Å²) in [6.07, 6.45) is 0.968. The molecule has 0 aliphatic heterocycles. The summed E-state index contributed by atoms with van der Waals surface area (Å²) >= 11 is 0. The average Bonchev–Trinajstić information content (AvgIpc) is 3.23. The Morgan fingerprint density at radius 1 is 1.06 bits per heavy atom. The predicted molar refractivity (Wildman–Crippen MR) is 122 cm³/mol. The molecule has 4 aromatic rings. The molecule has 0 amide bonds. The minimum atomic E-state index is -0.906.